The molecule has 0 unspecified atom stereocenters. The second-order valence-corrected chi connectivity index (χ2v) is 9.65. The van der Waals surface area contributed by atoms with Crippen molar-refractivity contribution in [3.63, 3.8) is 0 Å². The Morgan fingerprint density at radius 3 is 1.92 bits per heavy atom. The van der Waals surface area contributed by atoms with E-state index < -0.39 is 24.1 Å². The molecule has 186 valence electrons. The molecular weight excluding hydrogens is 452 g/mol. The van der Waals surface area contributed by atoms with E-state index >= 15 is 0 Å². The van der Waals surface area contributed by atoms with E-state index in [9.17, 15) is 14.4 Å². The number of fused-ring (bicyclic) bond motifs is 3. The molecule has 2 N–H and O–H groups in total. The van der Waals surface area contributed by atoms with E-state index in [4.69, 9.17) is 4.74 Å². The number of nitrogens with one attached hydrogen (secondary N) is 2. The highest BCUT2D eigenvalue weighted by Gasteiger charge is 2.30. The lowest BCUT2D eigenvalue weighted by Gasteiger charge is -2.24. The lowest BCUT2D eigenvalue weighted by molar-refractivity contribution is -0.123. The summed E-state index contributed by atoms with van der Waals surface area (Å²) in [4.78, 5) is 38.4. The van der Waals surface area contributed by atoms with Gasteiger partial charge in [-0.05, 0) is 42.0 Å². The fraction of sp³-hybridized carbons (Fsp3) is 0.300. The van der Waals surface area contributed by atoms with Gasteiger partial charge >= 0.3 is 6.09 Å². The summed E-state index contributed by atoms with van der Waals surface area (Å²) in [6.07, 6.45) is -0.675. The highest BCUT2D eigenvalue weighted by molar-refractivity contribution is 6.02. The first kappa shape index (κ1) is 25.2. The number of hydrogen-bond donors (Lipinski definition) is 2. The van der Waals surface area contributed by atoms with E-state index in [2.05, 4.69) is 34.9 Å². The van der Waals surface area contributed by atoms with E-state index in [-0.39, 0.29) is 24.2 Å². The molecule has 0 radical (unpaired) electrons. The predicted octanol–water partition coefficient (Wildman–Crippen LogP) is 5.25. The first-order valence-corrected chi connectivity index (χ1v) is 12.3. The molecule has 6 heteroatoms. The van der Waals surface area contributed by atoms with Crippen LogP contribution < -0.4 is 10.6 Å². The van der Waals surface area contributed by atoms with Crippen LogP contribution in [0.5, 0.6) is 0 Å². The first-order valence-electron chi connectivity index (χ1n) is 12.3. The van der Waals surface area contributed by atoms with Gasteiger partial charge in [0.1, 0.15) is 12.6 Å². The number of alkyl carbamates (subject to hydrolysis) is 1. The number of hydrogen-bond acceptors (Lipinski definition) is 4. The van der Waals surface area contributed by atoms with E-state index in [1.54, 1.807) is 19.1 Å². The van der Waals surface area contributed by atoms with E-state index in [1.165, 1.54) is 0 Å². The molecule has 3 aromatic rings. The Balaban J connectivity index is 1.35. The summed E-state index contributed by atoms with van der Waals surface area (Å²) in [5, 5.41) is 5.40. The molecule has 36 heavy (non-hydrogen) atoms. The minimum absolute atomic E-state index is 0.0651. The number of ether oxygens (including phenoxy) is 1. The van der Waals surface area contributed by atoms with Gasteiger partial charge in [-0.15, -0.1) is 0 Å². The molecule has 0 saturated carbocycles. The Hall–Kier alpha value is -3.93. The third kappa shape index (κ3) is 5.33. The minimum Gasteiger partial charge on any atom is -0.449 e. The maximum Gasteiger partial charge on any atom is 0.407 e. The molecule has 3 aromatic carbocycles. The Morgan fingerprint density at radius 1 is 0.806 bits per heavy atom. The van der Waals surface area contributed by atoms with Gasteiger partial charge < -0.3 is 15.4 Å². The summed E-state index contributed by atoms with van der Waals surface area (Å²) < 4.78 is 5.54. The van der Waals surface area contributed by atoms with Crippen molar-refractivity contribution in [1.82, 2.24) is 10.6 Å². The molecule has 0 saturated heterocycles. The van der Waals surface area contributed by atoms with Gasteiger partial charge in [0.05, 0.1) is 6.04 Å². The van der Waals surface area contributed by atoms with Gasteiger partial charge in [-0.1, -0.05) is 92.2 Å². The molecule has 2 amide bonds. The van der Waals surface area contributed by atoms with Crippen molar-refractivity contribution in [3.8, 4) is 11.1 Å². The van der Waals surface area contributed by atoms with Crippen molar-refractivity contribution in [2.75, 3.05) is 6.61 Å². The SMILES string of the molecule is Cc1ccc(C(=O)[C@@H](NC(=O)[C@H](C)NC(=O)OCC2c3ccccc3-c3ccccc32)C(C)C)cc1. The largest absolute Gasteiger partial charge is 0.449 e. The van der Waals surface area contributed by atoms with Gasteiger partial charge in [-0.3, -0.25) is 9.59 Å². The van der Waals surface area contributed by atoms with Crippen LogP contribution in [0, 0.1) is 12.8 Å². The van der Waals surface area contributed by atoms with Crippen molar-refractivity contribution in [1.29, 1.82) is 0 Å². The summed E-state index contributed by atoms with van der Waals surface area (Å²) in [5.74, 6) is -0.788. The molecule has 4 rings (SSSR count). The summed E-state index contributed by atoms with van der Waals surface area (Å²) in [7, 11) is 0. The minimum atomic E-state index is -0.868. The fourth-order valence-electron chi connectivity index (χ4n) is 4.59. The average molecular weight is 485 g/mol. The lowest BCUT2D eigenvalue weighted by atomic mass is 9.94. The van der Waals surface area contributed by atoms with E-state index in [1.807, 2.05) is 57.2 Å². The fourth-order valence-corrected chi connectivity index (χ4v) is 4.59. The van der Waals surface area contributed by atoms with Crippen LogP contribution in [0.3, 0.4) is 0 Å². The number of amides is 2. The number of carbonyl (C=O) groups is 3. The van der Waals surface area contributed by atoms with Crippen LogP contribution in [0.15, 0.2) is 72.8 Å². The standard InChI is InChI=1S/C30H32N2O4/c1-18(2)27(28(33)21-15-13-19(3)14-16-21)32-29(34)20(4)31-30(35)36-17-26-24-11-7-5-9-22(24)23-10-6-8-12-25(23)26/h5-16,18,20,26-27H,17H2,1-4H3,(H,31,35)(H,32,34)/t20-,27-/m0/s1. The number of benzene rings is 3. The molecule has 1 aliphatic rings. The maximum absolute atomic E-state index is 13.0. The quantitative estimate of drug-likeness (QED) is 0.428. The normalized spacial score (nSPS) is 13.9. The second kappa shape index (κ2) is 10.8. The van der Waals surface area contributed by atoms with Crippen LogP contribution in [0.4, 0.5) is 4.79 Å². The molecule has 0 heterocycles. The third-order valence-corrected chi connectivity index (χ3v) is 6.65. The Bertz CT molecular complexity index is 1220. The third-order valence-electron chi connectivity index (χ3n) is 6.65. The van der Waals surface area contributed by atoms with Crippen molar-refractivity contribution in [2.24, 2.45) is 5.92 Å². The molecule has 0 aliphatic heterocycles. The lowest BCUT2D eigenvalue weighted by Crippen LogP contribution is -2.52. The maximum atomic E-state index is 13.0. The zero-order chi connectivity index (χ0) is 25.8. The molecule has 1 aliphatic carbocycles. The van der Waals surface area contributed by atoms with Crippen molar-refractivity contribution < 1.29 is 19.1 Å². The monoisotopic (exact) mass is 484 g/mol. The van der Waals surface area contributed by atoms with Gasteiger partial charge in [-0.2, -0.15) is 0 Å². The number of aryl methyl sites for hydroxylation is 1. The predicted molar refractivity (Wildman–Crippen MR) is 140 cm³/mol. The second-order valence-electron chi connectivity index (χ2n) is 9.65. The molecule has 0 fully saturated rings. The molecular formula is C30H32N2O4. The molecule has 2 atom stereocenters. The highest BCUT2D eigenvalue weighted by atomic mass is 16.5. The van der Waals surface area contributed by atoms with Crippen LogP contribution in [0.2, 0.25) is 0 Å². The molecule has 0 aromatic heterocycles. The number of Topliss-reactive ketones (excluding diaryl/α,β-unsaturated/α-hetero) is 1. The molecule has 6 nitrogen and oxygen atoms in total. The van der Waals surface area contributed by atoms with Crippen molar-refractivity contribution >= 4 is 17.8 Å². The number of ketones is 1. The van der Waals surface area contributed by atoms with E-state index in [0.717, 1.165) is 27.8 Å². The van der Waals surface area contributed by atoms with Crippen molar-refractivity contribution in [2.45, 2.75) is 45.7 Å². The number of rotatable bonds is 8. The van der Waals surface area contributed by atoms with Crippen LogP contribution >= 0.6 is 0 Å². The van der Waals surface area contributed by atoms with Gasteiger partial charge in [0, 0.05) is 11.5 Å². The topological polar surface area (TPSA) is 84.5 Å². The van der Waals surface area contributed by atoms with Crippen LogP contribution in [0.1, 0.15) is 53.7 Å². The average Bonchev–Trinajstić information content (AvgIpc) is 3.19. The van der Waals surface area contributed by atoms with Gasteiger partial charge in [-0.25, -0.2) is 4.79 Å². The summed E-state index contributed by atoms with van der Waals surface area (Å²) in [5.41, 5.74) is 6.12. The number of carbonyl (C=O) groups excluding carboxylic acids is 3. The first-order chi connectivity index (χ1) is 17.3. The smallest absolute Gasteiger partial charge is 0.407 e. The van der Waals surface area contributed by atoms with E-state index in [0.29, 0.717) is 5.56 Å². The summed E-state index contributed by atoms with van der Waals surface area (Å²) in [6.45, 7) is 7.44. The Morgan fingerprint density at radius 2 is 1.36 bits per heavy atom. The molecule has 0 spiro atoms. The van der Waals surface area contributed by atoms with Crippen LogP contribution in [-0.2, 0) is 9.53 Å². The van der Waals surface area contributed by atoms with Gasteiger partial charge in [0.25, 0.3) is 0 Å². The highest BCUT2D eigenvalue weighted by Crippen LogP contribution is 2.44. The zero-order valence-corrected chi connectivity index (χ0v) is 21.1. The molecule has 0 bridgehead atoms. The van der Waals surface area contributed by atoms with Crippen LogP contribution in [-0.4, -0.2) is 36.5 Å². The summed E-state index contributed by atoms with van der Waals surface area (Å²) in [6, 6.07) is 21.9. The zero-order valence-electron chi connectivity index (χ0n) is 21.1. The van der Waals surface area contributed by atoms with Gasteiger partial charge in [0.2, 0.25) is 5.91 Å². The van der Waals surface area contributed by atoms with Crippen molar-refractivity contribution in [3.05, 3.63) is 95.1 Å². The Kier molecular flexibility index (Phi) is 7.53. The van der Waals surface area contributed by atoms with Crippen LogP contribution in [0.25, 0.3) is 11.1 Å². The summed E-state index contributed by atoms with van der Waals surface area (Å²) >= 11 is 0. The van der Waals surface area contributed by atoms with Gasteiger partial charge in [0.15, 0.2) is 5.78 Å². The Labute approximate surface area is 212 Å².